The van der Waals surface area contributed by atoms with Crippen LogP contribution in [-0.2, 0) is 20.6 Å². The van der Waals surface area contributed by atoms with Crippen molar-refractivity contribution in [1.29, 1.82) is 5.26 Å². The number of carbonyl (C=O) groups excluding carboxylic acids is 6. The van der Waals surface area contributed by atoms with Crippen molar-refractivity contribution in [3.05, 3.63) is 88.0 Å². The van der Waals surface area contributed by atoms with Crippen LogP contribution in [0.25, 0.3) is 0 Å². The summed E-state index contributed by atoms with van der Waals surface area (Å²) in [4.78, 5) is 79.9. The second-order valence-electron chi connectivity index (χ2n) is 14.3. The maximum atomic E-state index is 15.4. The summed E-state index contributed by atoms with van der Waals surface area (Å²) in [6.07, 6.45) is -5.44. The molecule has 0 radical (unpaired) electrons. The number of nitrogens with one attached hydrogen (secondary N) is 3. The maximum absolute atomic E-state index is 15.4. The summed E-state index contributed by atoms with van der Waals surface area (Å²) in [7, 11) is 0. The molecular weight excluding hydrogens is 822 g/mol. The number of unbranched alkanes of at least 4 members (excludes halogenated alkanes) is 1. The van der Waals surface area contributed by atoms with Gasteiger partial charge >= 0.3 is 6.18 Å². The molecule has 15 nitrogen and oxygen atoms in total. The number of anilines is 2. The number of aliphatic hydroxyl groups is 1. The lowest BCUT2D eigenvalue weighted by Crippen LogP contribution is -2.55. The molecule has 2 unspecified atom stereocenters. The number of thiocarbonyl (C=S) groups is 1. The highest BCUT2D eigenvalue weighted by molar-refractivity contribution is 7.81. The Bertz CT molecular complexity index is 2390. The Balaban J connectivity index is 0.990. The fraction of sp³-hybridized carbons (Fsp3) is 0.333. The standard InChI is InChI=1S/C39H34F5N7O8S/c1-38(2)36(58)50(24-11-8-19(17-45)30(31(24)41)39(42,43)44)37(60)51(38)20-9-10-21(23(40)16-20)32(54)47-15-4-3-14-46-28(53)18-59-26-7-5-6-22-29(26)35(57)49(34(22)56)25-12-13-27(52)48-33(25)55/h5-11,16,25,27,52H,3-4,12-15,18H2,1-2H3,(H,46,53)(H,47,54)(H,48,55). The molecule has 314 valence electrons. The molecule has 0 bridgehead atoms. The van der Waals surface area contributed by atoms with Crippen molar-refractivity contribution in [3.63, 3.8) is 0 Å². The first kappa shape index (κ1) is 43.1. The Labute approximate surface area is 343 Å². The maximum Gasteiger partial charge on any atom is 0.420 e. The number of nitrogens with zero attached hydrogens (tertiary/aromatic N) is 4. The van der Waals surface area contributed by atoms with Gasteiger partial charge in [-0.25, -0.2) is 8.78 Å². The van der Waals surface area contributed by atoms with Gasteiger partial charge in [0.1, 0.15) is 34.9 Å². The monoisotopic (exact) mass is 855 g/mol. The van der Waals surface area contributed by atoms with Gasteiger partial charge in [-0.15, -0.1) is 0 Å². The number of carbonyl (C=O) groups is 6. The molecule has 3 aliphatic heterocycles. The number of fused-ring (bicyclic) bond motifs is 1. The normalized spacial score (nSPS) is 18.6. The number of halogens is 5. The Morgan fingerprint density at radius 3 is 2.37 bits per heavy atom. The third-order valence-electron chi connectivity index (χ3n) is 10.0. The van der Waals surface area contributed by atoms with Gasteiger partial charge in [0.15, 0.2) is 17.5 Å². The molecule has 0 spiro atoms. The van der Waals surface area contributed by atoms with E-state index in [4.69, 9.17) is 22.2 Å². The van der Waals surface area contributed by atoms with Crippen LogP contribution in [0, 0.1) is 23.0 Å². The molecule has 60 heavy (non-hydrogen) atoms. The number of aliphatic hydroxyl groups excluding tert-OH is 1. The Morgan fingerprint density at radius 1 is 1.02 bits per heavy atom. The van der Waals surface area contributed by atoms with E-state index in [0.717, 1.165) is 28.0 Å². The molecule has 2 saturated heterocycles. The minimum Gasteiger partial charge on any atom is -0.483 e. The summed E-state index contributed by atoms with van der Waals surface area (Å²) in [6.45, 7) is 2.37. The first-order valence-electron chi connectivity index (χ1n) is 18.2. The molecule has 6 rings (SSSR count). The SMILES string of the molecule is CC1(C)C(=O)N(c2ccc(C#N)c(C(F)(F)F)c2F)C(=S)N1c1ccc(C(=O)NCCCCNC(=O)COc2cccc3c2C(=O)N(C2CCC(O)NC2=O)C3=O)c(F)c1. The van der Waals surface area contributed by atoms with E-state index in [0.29, 0.717) is 23.8 Å². The zero-order valence-electron chi connectivity index (χ0n) is 31.6. The molecule has 3 heterocycles. The molecule has 3 aromatic rings. The second-order valence-corrected chi connectivity index (χ2v) is 14.7. The van der Waals surface area contributed by atoms with Crippen molar-refractivity contribution < 1.29 is 60.6 Å². The highest BCUT2D eigenvalue weighted by Gasteiger charge is 2.52. The van der Waals surface area contributed by atoms with Gasteiger partial charge in [-0.05, 0) is 94.2 Å². The number of alkyl halides is 3. The van der Waals surface area contributed by atoms with Crippen molar-refractivity contribution in [2.75, 3.05) is 29.5 Å². The summed E-state index contributed by atoms with van der Waals surface area (Å²) < 4.78 is 77.3. The van der Waals surface area contributed by atoms with Crippen LogP contribution in [0.3, 0.4) is 0 Å². The van der Waals surface area contributed by atoms with E-state index in [2.05, 4.69) is 16.0 Å². The molecule has 0 aliphatic carbocycles. The van der Waals surface area contributed by atoms with Gasteiger partial charge in [0, 0.05) is 18.8 Å². The molecule has 4 N–H and O–H groups in total. The third kappa shape index (κ3) is 7.94. The fourth-order valence-corrected chi connectivity index (χ4v) is 7.56. The van der Waals surface area contributed by atoms with Gasteiger partial charge in [0.05, 0.1) is 34.0 Å². The largest absolute Gasteiger partial charge is 0.483 e. The van der Waals surface area contributed by atoms with Gasteiger partial charge in [-0.1, -0.05) is 6.07 Å². The molecule has 0 saturated carbocycles. The predicted molar refractivity (Wildman–Crippen MR) is 203 cm³/mol. The number of amides is 6. The van der Waals surface area contributed by atoms with Gasteiger partial charge in [0.25, 0.3) is 29.5 Å². The summed E-state index contributed by atoms with van der Waals surface area (Å²) in [5, 5.41) is 25.8. The fourth-order valence-electron chi connectivity index (χ4n) is 7.05. The highest BCUT2D eigenvalue weighted by Crippen LogP contribution is 2.42. The van der Waals surface area contributed by atoms with Crippen molar-refractivity contribution in [3.8, 4) is 11.8 Å². The van der Waals surface area contributed by atoms with E-state index in [-0.39, 0.29) is 54.1 Å². The molecule has 2 atom stereocenters. The van der Waals surface area contributed by atoms with Crippen molar-refractivity contribution in [2.45, 2.75) is 63.5 Å². The summed E-state index contributed by atoms with van der Waals surface area (Å²) in [5.41, 5.74) is -5.92. The molecule has 3 aromatic carbocycles. The van der Waals surface area contributed by atoms with Crippen molar-refractivity contribution >= 4 is 64.1 Å². The van der Waals surface area contributed by atoms with Crippen LogP contribution >= 0.6 is 12.2 Å². The summed E-state index contributed by atoms with van der Waals surface area (Å²) in [6, 6.07) is 9.21. The molecule has 0 aromatic heterocycles. The van der Waals surface area contributed by atoms with Crippen LogP contribution in [0.2, 0.25) is 0 Å². The van der Waals surface area contributed by atoms with E-state index in [1.54, 1.807) is 0 Å². The van der Waals surface area contributed by atoms with E-state index in [1.807, 2.05) is 0 Å². The smallest absolute Gasteiger partial charge is 0.420 e. The summed E-state index contributed by atoms with van der Waals surface area (Å²) in [5.74, 6) is -7.41. The van der Waals surface area contributed by atoms with E-state index in [9.17, 15) is 47.0 Å². The molecule has 3 aliphatic rings. The number of rotatable bonds is 12. The van der Waals surface area contributed by atoms with Gasteiger partial charge < -0.3 is 30.7 Å². The van der Waals surface area contributed by atoms with Crippen LogP contribution < -0.4 is 30.5 Å². The number of hydrogen-bond acceptors (Lipinski definition) is 10. The first-order valence-corrected chi connectivity index (χ1v) is 18.7. The minimum absolute atomic E-state index is 0.00436. The van der Waals surface area contributed by atoms with Crippen LogP contribution in [0.15, 0.2) is 48.5 Å². The molecular formula is C39H34F5N7O8S. The Morgan fingerprint density at radius 2 is 1.72 bits per heavy atom. The van der Waals surface area contributed by atoms with Gasteiger partial charge in [-0.2, -0.15) is 18.4 Å². The summed E-state index contributed by atoms with van der Waals surface area (Å²) >= 11 is 5.38. The number of piperidine rings is 1. The topological polar surface area (TPSA) is 201 Å². The number of imide groups is 1. The average molecular weight is 856 g/mol. The van der Waals surface area contributed by atoms with Crippen LogP contribution in [0.4, 0.5) is 33.3 Å². The van der Waals surface area contributed by atoms with Gasteiger partial charge in [-0.3, -0.25) is 38.6 Å². The molecule has 21 heteroatoms. The third-order valence-corrected chi connectivity index (χ3v) is 10.4. The van der Waals surface area contributed by atoms with Crippen LogP contribution in [0.1, 0.15) is 81.7 Å². The van der Waals surface area contributed by atoms with Crippen molar-refractivity contribution in [1.82, 2.24) is 20.9 Å². The lowest BCUT2D eigenvalue weighted by Gasteiger charge is -2.31. The average Bonchev–Trinajstić information content (AvgIpc) is 3.53. The van der Waals surface area contributed by atoms with E-state index in [1.165, 1.54) is 44.2 Å². The Hall–Kier alpha value is -6.53. The molecule has 6 amide bonds. The van der Waals surface area contributed by atoms with Gasteiger partial charge in [0.2, 0.25) is 5.91 Å². The quantitative estimate of drug-likeness (QED) is 0.0897. The van der Waals surface area contributed by atoms with E-state index < -0.39 is 99.6 Å². The predicted octanol–water partition coefficient (Wildman–Crippen LogP) is 3.67. The number of ether oxygens (including phenoxy) is 1. The zero-order valence-corrected chi connectivity index (χ0v) is 32.4. The number of benzene rings is 3. The van der Waals surface area contributed by atoms with Crippen molar-refractivity contribution in [2.24, 2.45) is 0 Å². The van der Waals surface area contributed by atoms with Crippen LogP contribution in [-0.4, -0.2) is 88.1 Å². The zero-order chi connectivity index (χ0) is 43.8. The van der Waals surface area contributed by atoms with Crippen LogP contribution in [0.5, 0.6) is 5.75 Å². The Kier molecular flexibility index (Phi) is 11.9. The minimum atomic E-state index is -5.27. The second kappa shape index (κ2) is 16.6. The lowest BCUT2D eigenvalue weighted by molar-refractivity contribution is -0.140. The first-order chi connectivity index (χ1) is 28.3. The highest BCUT2D eigenvalue weighted by atomic mass is 32.1. The lowest BCUT2D eigenvalue weighted by atomic mass is 10.0. The number of hydrogen-bond donors (Lipinski definition) is 4. The molecule has 2 fully saturated rings. The van der Waals surface area contributed by atoms with E-state index >= 15 is 8.78 Å². The number of nitriles is 1.